The zero-order valence-corrected chi connectivity index (χ0v) is 14.3. The van der Waals surface area contributed by atoms with E-state index in [-0.39, 0.29) is 6.03 Å². The van der Waals surface area contributed by atoms with E-state index in [2.05, 4.69) is 19.1 Å². The van der Waals surface area contributed by atoms with Gasteiger partial charge in [-0.05, 0) is 48.4 Å². The van der Waals surface area contributed by atoms with Gasteiger partial charge in [-0.3, -0.25) is 0 Å². The van der Waals surface area contributed by atoms with Crippen molar-refractivity contribution in [3.8, 4) is 11.5 Å². The molecule has 23 heavy (non-hydrogen) atoms. The Labute approximate surface area is 138 Å². The number of hydrogen-bond acceptors (Lipinski definition) is 3. The highest BCUT2D eigenvalue weighted by Crippen LogP contribution is 2.32. The number of amides is 2. The molecule has 1 fully saturated rings. The van der Waals surface area contributed by atoms with Gasteiger partial charge in [-0.25, -0.2) is 4.79 Å². The normalized spacial score (nSPS) is 20.9. The highest BCUT2D eigenvalue weighted by Gasteiger charge is 2.28. The number of carbonyl (C=O) groups excluding carboxylic acids is 1. The summed E-state index contributed by atoms with van der Waals surface area (Å²) in [5, 5.41) is 0. The molecular formula is C18H26N2O3. The van der Waals surface area contributed by atoms with Crippen LogP contribution in [0.15, 0.2) is 12.1 Å². The summed E-state index contributed by atoms with van der Waals surface area (Å²) in [6.07, 6.45) is 2.85. The Morgan fingerprint density at radius 3 is 2.00 bits per heavy atom. The van der Waals surface area contributed by atoms with Crippen molar-refractivity contribution in [2.45, 2.75) is 26.2 Å². The Hall–Kier alpha value is -1.91. The first kappa shape index (κ1) is 16.0. The number of carbonyl (C=O) groups is 1. The predicted molar refractivity (Wildman–Crippen MR) is 89.3 cm³/mol. The molecule has 2 amide bonds. The quantitative estimate of drug-likeness (QED) is 0.841. The second-order valence-corrected chi connectivity index (χ2v) is 6.59. The minimum absolute atomic E-state index is 0.195. The molecule has 2 aliphatic rings. The van der Waals surface area contributed by atoms with Gasteiger partial charge in [0.15, 0.2) is 11.5 Å². The molecule has 0 aromatic heterocycles. The lowest BCUT2D eigenvalue weighted by Gasteiger charge is -2.26. The maximum atomic E-state index is 12.7. The van der Waals surface area contributed by atoms with Crippen LogP contribution in [0.1, 0.15) is 24.5 Å². The fourth-order valence-electron chi connectivity index (χ4n) is 3.55. The van der Waals surface area contributed by atoms with Crippen molar-refractivity contribution in [2.75, 3.05) is 40.4 Å². The molecule has 5 nitrogen and oxygen atoms in total. The molecule has 0 spiro atoms. The Morgan fingerprint density at radius 2 is 1.57 bits per heavy atom. The van der Waals surface area contributed by atoms with E-state index >= 15 is 0 Å². The number of benzene rings is 1. The summed E-state index contributed by atoms with van der Waals surface area (Å²) in [5.41, 5.74) is 2.51. The van der Waals surface area contributed by atoms with E-state index in [1.165, 1.54) is 11.1 Å². The molecule has 1 aromatic carbocycles. The molecule has 0 N–H and O–H groups in total. The maximum Gasteiger partial charge on any atom is 0.320 e. The van der Waals surface area contributed by atoms with E-state index in [0.29, 0.717) is 5.92 Å². The van der Waals surface area contributed by atoms with Crippen molar-refractivity contribution in [1.82, 2.24) is 9.80 Å². The number of likely N-dealkylation sites (tertiary alicyclic amines) is 1. The first-order valence-corrected chi connectivity index (χ1v) is 8.40. The Kier molecular flexibility index (Phi) is 4.64. The largest absolute Gasteiger partial charge is 0.493 e. The van der Waals surface area contributed by atoms with Crippen LogP contribution < -0.4 is 9.47 Å². The average Bonchev–Trinajstić information content (AvgIpc) is 2.89. The van der Waals surface area contributed by atoms with Crippen molar-refractivity contribution in [1.29, 1.82) is 0 Å². The minimum Gasteiger partial charge on any atom is -0.493 e. The standard InChI is InChI=1S/C18H26N2O3/c1-13-4-7-20(12-13)18(21)19-8-5-14-10-16(22-2)17(23-3)11-15(14)6-9-19/h10-11,13H,4-9,12H2,1-3H3. The first-order chi connectivity index (χ1) is 11.1. The smallest absolute Gasteiger partial charge is 0.320 e. The lowest BCUT2D eigenvalue weighted by molar-refractivity contribution is 0.163. The molecule has 5 heteroatoms. The van der Waals surface area contributed by atoms with Crippen molar-refractivity contribution >= 4 is 6.03 Å². The molecular weight excluding hydrogens is 292 g/mol. The highest BCUT2D eigenvalue weighted by molar-refractivity contribution is 5.75. The Bertz CT molecular complexity index is 553. The van der Waals surface area contributed by atoms with E-state index in [1.807, 2.05) is 9.80 Å². The summed E-state index contributed by atoms with van der Waals surface area (Å²) in [5.74, 6) is 2.15. The van der Waals surface area contributed by atoms with Crippen LogP contribution in [-0.2, 0) is 12.8 Å². The number of ether oxygens (including phenoxy) is 2. The summed E-state index contributed by atoms with van der Waals surface area (Å²) in [6, 6.07) is 4.31. The number of fused-ring (bicyclic) bond motifs is 1. The fraction of sp³-hybridized carbons (Fsp3) is 0.611. The zero-order chi connectivity index (χ0) is 16.4. The molecule has 0 saturated carbocycles. The first-order valence-electron chi connectivity index (χ1n) is 8.40. The summed E-state index contributed by atoms with van der Waals surface area (Å²) in [6.45, 7) is 5.54. The lowest BCUT2D eigenvalue weighted by atomic mass is 10.0. The van der Waals surface area contributed by atoms with Crippen LogP contribution in [0.2, 0.25) is 0 Å². The average molecular weight is 318 g/mol. The van der Waals surface area contributed by atoms with Gasteiger partial charge in [0, 0.05) is 26.2 Å². The van der Waals surface area contributed by atoms with Crippen LogP contribution in [0.25, 0.3) is 0 Å². The third kappa shape index (κ3) is 3.23. The van der Waals surface area contributed by atoms with Crippen LogP contribution in [0.4, 0.5) is 4.79 Å². The summed E-state index contributed by atoms with van der Waals surface area (Å²) in [7, 11) is 3.32. The number of hydrogen-bond donors (Lipinski definition) is 0. The molecule has 1 atom stereocenters. The Morgan fingerprint density at radius 1 is 1.00 bits per heavy atom. The Balaban J connectivity index is 1.73. The van der Waals surface area contributed by atoms with Gasteiger partial charge in [-0.15, -0.1) is 0 Å². The molecule has 1 saturated heterocycles. The summed E-state index contributed by atoms with van der Waals surface area (Å²) in [4.78, 5) is 16.7. The molecule has 1 unspecified atom stereocenters. The van der Waals surface area contributed by atoms with Gasteiger partial charge in [0.05, 0.1) is 14.2 Å². The van der Waals surface area contributed by atoms with Crippen LogP contribution in [-0.4, -0.2) is 56.2 Å². The minimum atomic E-state index is 0.195. The third-order valence-electron chi connectivity index (χ3n) is 4.97. The predicted octanol–water partition coefficient (Wildman–Crippen LogP) is 2.57. The van der Waals surface area contributed by atoms with Crippen LogP contribution in [0, 0.1) is 5.92 Å². The van der Waals surface area contributed by atoms with Gasteiger partial charge in [0.1, 0.15) is 0 Å². The third-order valence-corrected chi connectivity index (χ3v) is 4.97. The number of urea groups is 1. The van der Waals surface area contributed by atoms with E-state index in [0.717, 1.165) is 56.9 Å². The summed E-state index contributed by atoms with van der Waals surface area (Å²) < 4.78 is 10.8. The molecule has 2 heterocycles. The zero-order valence-electron chi connectivity index (χ0n) is 14.3. The highest BCUT2D eigenvalue weighted by atomic mass is 16.5. The molecule has 2 aliphatic heterocycles. The fourth-order valence-corrected chi connectivity index (χ4v) is 3.55. The lowest BCUT2D eigenvalue weighted by Crippen LogP contribution is -2.43. The van der Waals surface area contributed by atoms with E-state index in [1.54, 1.807) is 14.2 Å². The van der Waals surface area contributed by atoms with Gasteiger partial charge in [0.25, 0.3) is 0 Å². The monoisotopic (exact) mass is 318 g/mol. The number of rotatable bonds is 2. The second-order valence-electron chi connectivity index (χ2n) is 6.59. The van der Waals surface area contributed by atoms with Gasteiger partial charge in [-0.1, -0.05) is 6.92 Å². The van der Waals surface area contributed by atoms with Crippen molar-refractivity contribution < 1.29 is 14.3 Å². The van der Waals surface area contributed by atoms with Gasteiger partial charge in [0.2, 0.25) is 0 Å². The number of nitrogens with zero attached hydrogens (tertiary/aromatic N) is 2. The summed E-state index contributed by atoms with van der Waals surface area (Å²) >= 11 is 0. The van der Waals surface area contributed by atoms with Crippen LogP contribution in [0.3, 0.4) is 0 Å². The number of methoxy groups -OCH3 is 2. The SMILES string of the molecule is COc1cc2c(cc1OC)CCN(C(=O)N1CCC(C)C1)CC2. The molecule has 3 rings (SSSR count). The molecule has 1 aromatic rings. The van der Waals surface area contributed by atoms with Crippen LogP contribution in [0.5, 0.6) is 11.5 Å². The maximum absolute atomic E-state index is 12.7. The van der Waals surface area contributed by atoms with E-state index in [4.69, 9.17) is 9.47 Å². The van der Waals surface area contributed by atoms with Crippen molar-refractivity contribution in [3.63, 3.8) is 0 Å². The van der Waals surface area contributed by atoms with Gasteiger partial charge in [-0.2, -0.15) is 0 Å². The van der Waals surface area contributed by atoms with Crippen molar-refractivity contribution in [2.24, 2.45) is 5.92 Å². The van der Waals surface area contributed by atoms with Gasteiger partial charge >= 0.3 is 6.03 Å². The molecule has 126 valence electrons. The molecule has 0 bridgehead atoms. The topological polar surface area (TPSA) is 42.0 Å². The second kappa shape index (κ2) is 6.69. The van der Waals surface area contributed by atoms with Gasteiger partial charge < -0.3 is 19.3 Å². The molecule has 0 aliphatic carbocycles. The van der Waals surface area contributed by atoms with E-state index < -0.39 is 0 Å². The van der Waals surface area contributed by atoms with E-state index in [9.17, 15) is 4.79 Å². The molecule has 0 radical (unpaired) electrons. The van der Waals surface area contributed by atoms with Crippen molar-refractivity contribution in [3.05, 3.63) is 23.3 Å². The van der Waals surface area contributed by atoms with Crippen LogP contribution >= 0.6 is 0 Å².